The summed E-state index contributed by atoms with van der Waals surface area (Å²) in [5, 5.41) is 9.03. The first-order valence-corrected chi connectivity index (χ1v) is 11.0. The molecule has 2 heterocycles. The number of allylic oxidation sites excluding steroid dienone is 1. The van der Waals surface area contributed by atoms with Gasteiger partial charge >= 0.3 is 5.97 Å². The monoisotopic (exact) mass is 446 g/mol. The van der Waals surface area contributed by atoms with Crippen LogP contribution in [0.1, 0.15) is 45.2 Å². The summed E-state index contributed by atoms with van der Waals surface area (Å²) < 4.78 is 5.90. The summed E-state index contributed by atoms with van der Waals surface area (Å²) >= 11 is 6.30. The van der Waals surface area contributed by atoms with E-state index in [0.717, 1.165) is 52.0 Å². The van der Waals surface area contributed by atoms with Gasteiger partial charge < -0.3 is 14.7 Å². The van der Waals surface area contributed by atoms with Crippen molar-refractivity contribution in [2.24, 2.45) is 0 Å². The quantitative estimate of drug-likeness (QED) is 0.513. The number of rotatable bonds is 6. The van der Waals surface area contributed by atoms with Crippen molar-refractivity contribution in [1.29, 1.82) is 0 Å². The Balaban J connectivity index is 2.07. The van der Waals surface area contributed by atoms with Gasteiger partial charge in [0.25, 0.3) is 5.91 Å². The topological polar surface area (TPSA) is 70.1 Å². The lowest BCUT2D eigenvalue weighted by Crippen LogP contribution is -2.45. The lowest BCUT2D eigenvalue weighted by Gasteiger charge is -2.43. The third-order valence-corrected chi connectivity index (χ3v) is 6.61. The number of anilines is 1. The Kier molecular flexibility index (Phi) is 6.29. The van der Waals surface area contributed by atoms with E-state index in [9.17, 15) is 9.59 Å². The van der Waals surface area contributed by atoms with Crippen LogP contribution in [0.3, 0.4) is 0 Å². The molecule has 0 spiro atoms. The van der Waals surface area contributed by atoms with Crippen LogP contribution in [0.15, 0.2) is 23.1 Å². The average molecular weight is 447 g/mol. The smallest absolute Gasteiger partial charge is 0.323 e. The van der Waals surface area contributed by atoms with E-state index in [-0.39, 0.29) is 9.86 Å². The van der Waals surface area contributed by atoms with Gasteiger partial charge in [-0.3, -0.25) is 14.5 Å². The number of carbonyl (C=O) groups is 2. The zero-order valence-corrected chi connectivity index (χ0v) is 19.4. The number of methoxy groups -OCH3 is 1. The first-order valence-electron chi connectivity index (χ1n) is 9.75. The Hall–Kier alpha value is -2.32. The van der Waals surface area contributed by atoms with Crippen molar-refractivity contribution in [1.82, 2.24) is 4.90 Å². The Morgan fingerprint density at radius 1 is 1.37 bits per heavy atom. The van der Waals surface area contributed by atoms with Crippen LogP contribution in [0.5, 0.6) is 5.75 Å². The van der Waals surface area contributed by atoms with Crippen molar-refractivity contribution < 1.29 is 19.4 Å². The molecule has 1 saturated heterocycles. The number of fused-ring (bicyclic) bond motifs is 1. The van der Waals surface area contributed by atoms with Crippen LogP contribution < -0.4 is 9.64 Å². The molecule has 6 nitrogen and oxygen atoms in total. The third kappa shape index (κ3) is 4.11. The molecule has 0 radical (unpaired) electrons. The van der Waals surface area contributed by atoms with Crippen molar-refractivity contribution in [3.63, 3.8) is 0 Å². The number of carboxylic acids is 1. The van der Waals surface area contributed by atoms with E-state index in [1.165, 1.54) is 0 Å². The Bertz CT molecular complexity index is 982. The molecule has 1 fully saturated rings. The van der Waals surface area contributed by atoms with E-state index in [2.05, 4.69) is 38.7 Å². The van der Waals surface area contributed by atoms with Gasteiger partial charge in [-0.05, 0) is 44.9 Å². The molecule has 0 aromatic heterocycles. The number of thioether (sulfide) groups is 1. The average Bonchev–Trinajstić information content (AvgIpc) is 2.91. The van der Waals surface area contributed by atoms with Crippen molar-refractivity contribution in [2.45, 2.75) is 39.7 Å². The second-order valence-corrected chi connectivity index (χ2v) is 9.58. The van der Waals surface area contributed by atoms with Gasteiger partial charge in [0.15, 0.2) is 0 Å². The fourth-order valence-electron chi connectivity index (χ4n) is 3.96. The molecule has 1 amide bonds. The Morgan fingerprint density at radius 3 is 2.67 bits per heavy atom. The first kappa shape index (κ1) is 22.4. The van der Waals surface area contributed by atoms with Gasteiger partial charge in [0.1, 0.15) is 16.6 Å². The molecule has 2 aliphatic heterocycles. The van der Waals surface area contributed by atoms with Crippen LogP contribution in [0, 0.1) is 0 Å². The predicted molar refractivity (Wildman–Crippen MR) is 126 cm³/mol. The highest BCUT2D eigenvalue weighted by Crippen LogP contribution is 2.43. The molecule has 0 unspecified atom stereocenters. The number of nitrogens with zero attached hydrogens (tertiary/aromatic N) is 2. The van der Waals surface area contributed by atoms with Crippen LogP contribution in [0.25, 0.3) is 11.6 Å². The molecule has 1 aromatic carbocycles. The minimum Gasteiger partial charge on any atom is -0.496 e. The van der Waals surface area contributed by atoms with Crippen molar-refractivity contribution in [3.8, 4) is 5.75 Å². The zero-order valence-electron chi connectivity index (χ0n) is 17.8. The highest BCUT2D eigenvalue weighted by Gasteiger charge is 2.35. The second kappa shape index (κ2) is 8.43. The molecule has 2 aliphatic rings. The van der Waals surface area contributed by atoms with E-state index in [4.69, 9.17) is 22.1 Å². The largest absolute Gasteiger partial charge is 0.496 e. The van der Waals surface area contributed by atoms with Crippen LogP contribution in [0.2, 0.25) is 0 Å². The summed E-state index contributed by atoms with van der Waals surface area (Å²) in [7, 11) is 1.61. The van der Waals surface area contributed by atoms with E-state index < -0.39 is 18.4 Å². The van der Waals surface area contributed by atoms with Gasteiger partial charge in [-0.25, -0.2) is 0 Å². The van der Waals surface area contributed by atoms with Crippen LogP contribution in [-0.4, -0.2) is 51.9 Å². The van der Waals surface area contributed by atoms with Crippen LogP contribution in [-0.2, 0) is 9.59 Å². The summed E-state index contributed by atoms with van der Waals surface area (Å²) in [5.74, 6) is -0.838. The molecule has 0 bridgehead atoms. The zero-order chi connectivity index (χ0) is 22.2. The minimum atomic E-state index is -1.10. The Morgan fingerprint density at radius 2 is 2.07 bits per heavy atom. The summed E-state index contributed by atoms with van der Waals surface area (Å²) in [6.45, 7) is 9.12. The van der Waals surface area contributed by atoms with Crippen LogP contribution >= 0.6 is 24.0 Å². The third-order valence-electron chi connectivity index (χ3n) is 5.23. The molecule has 0 atom stereocenters. The van der Waals surface area contributed by atoms with Gasteiger partial charge in [0, 0.05) is 29.4 Å². The molecule has 3 rings (SSSR count). The van der Waals surface area contributed by atoms with Crippen molar-refractivity contribution in [2.75, 3.05) is 25.1 Å². The van der Waals surface area contributed by atoms with E-state index >= 15 is 0 Å². The van der Waals surface area contributed by atoms with E-state index in [0.29, 0.717) is 10.7 Å². The number of amides is 1. The molecular formula is C22H26N2O4S2. The number of carboxylic acid groups (broad SMARTS) is 1. The number of carbonyl (C=O) groups excluding carboxylic acids is 1. The fraction of sp³-hybridized carbons (Fsp3) is 0.409. The second-order valence-electron chi connectivity index (χ2n) is 7.91. The molecule has 0 aliphatic carbocycles. The maximum Gasteiger partial charge on any atom is 0.323 e. The normalized spacial score (nSPS) is 19.2. The number of hydrogen-bond acceptors (Lipinski definition) is 6. The van der Waals surface area contributed by atoms with Gasteiger partial charge in [-0.2, -0.15) is 0 Å². The number of hydrogen-bond donors (Lipinski definition) is 1. The summed E-state index contributed by atoms with van der Waals surface area (Å²) in [6.07, 6.45) is 5.01. The fourth-order valence-corrected chi connectivity index (χ4v) is 5.20. The standard InChI is InChI=1S/C22H26N2O4S2/c1-6-7-24-16-10-17(28-5)14(8-15(16)13(2)11-22(24,3)4)9-18-20(27)23(12-19(25)26)21(29)30-18/h8-11H,6-7,12H2,1-5H3,(H,25,26)/b18-9-. The summed E-state index contributed by atoms with van der Waals surface area (Å²) in [4.78, 5) is 27.6. The van der Waals surface area contributed by atoms with Gasteiger partial charge in [0.05, 0.1) is 17.6 Å². The lowest BCUT2D eigenvalue weighted by molar-refractivity contribution is -0.140. The predicted octanol–water partition coefficient (Wildman–Crippen LogP) is 4.39. The van der Waals surface area contributed by atoms with Crippen molar-refractivity contribution in [3.05, 3.63) is 34.2 Å². The molecule has 30 heavy (non-hydrogen) atoms. The Labute approximate surface area is 186 Å². The lowest BCUT2D eigenvalue weighted by atomic mass is 9.87. The van der Waals surface area contributed by atoms with E-state index in [1.807, 2.05) is 12.1 Å². The highest BCUT2D eigenvalue weighted by molar-refractivity contribution is 8.26. The molecule has 1 aromatic rings. The summed E-state index contributed by atoms with van der Waals surface area (Å²) in [6, 6.07) is 4.05. The number of aliphatic carboxylic acids is 1. The molecule has 8 heteroatoms. The van der Waals surface area contributed by atoms with Crippen LogP contribution in [0.4, 0.5) is 5.69 Å². The maximum atomic E-state index is 12.7. The van der Waals surface area contributed by atoms with E-state index in [1.54, 1.807) is 13.2 Å². The SMILES string of the molecule is CCCN1c2cc(OC)c(/C=C3\SC(=S)N(CC(=O)O)C3=O)cc2C(C)=CC1(C)C. The number of ether oxygens (including phenoxy) is 1. The van der Waals surface area contributed by atoms with Gasteiger partial charge in [0.2, 0.25) is 0 Å². The maximum absolute atomic E-state index is 12.7. The molecule has 1 N–H and O–H groups in total. The minimum absolute atomic E-state index is 0.112. The number of thiocarbonyl (C=S) groups is 1. The summed E-state index contributed by atoms with van der Waals surface area (Å²) in [5.41, 5.74) is 4.01. The highest BCUT2D eigenvalue weighted by atomic mass is 32.2. The molecule has 0 saturated carbocycles. The van der Waals surface area contributed by atoms with Gasteiger partial charge in [-0.15, -0.1) is 0 Å². The first-order chi connectivity index (χ1) is 14.1. The van der Waals surface area contributed by atoms with Gasteiger partial charge in [-0.1, -0.05) is 37.0 Å². The number of benzene rings is 1. The van der Waals surface area contributed by atoms with Crippen molar-refractivity contribution >= 4 is 57.5 Å². The molecule has 160 valence electrons. The molecular weight excluding hydrogens is 420 g/mol.